The Morgan fingerprint density at radius 1 is 1.41 bits per heavy atom. The van der Waals surface area contributed by atoms with Crippen molar-refractivity contribution in [2.24, 2.45) is 0 Å². The molecule has 1 heterocycles. The van der Waals surface area contributed by atoms with Crippen LogP contribution in [0.25, 0.3) is 11.0 Å². The number of rotatable bonds is 3. The highest BCUT2D eigenvalue weighted by atomic mass is 79.9. The van der Waals surface area contributed by atoms with Crippen LogP contribution in [0.3, 0.4) is 0 Å². The molecule has 2 rings (SSSR count). The number of halogens is 1. The third kappa shape index (κ3) is 2.69. The summed E-state index contributed by atoms with van der Waals surface area (Å²) in [5.41, 5.74) is 3.08. The van der Waals surface area contributed by atoms with Crippen molar-refractivity contribution < 1.29 is 4.74 Å². The number of benzene rings is 1. The van der Waals surface area contributed by atoms with E-state index in [9.17, 15) is 0 Å². The zero-order chi connectivity index (χ0) is 12.6. The van der Waals surface area contributed by atoms with E-state index >= 15 is 0 Å². The van der Waals surface area contributed by atoms with Crippen LogP contribution in [0, 0.1) is 6.92 Å². The molecule has 0 aliphatic rings. The van der Waals surface area contributed by atoms with E-state index in [2.05, 4.69) is 58.8 Å². The summed E-state index contributed by atoms with van der Waals surface area (Å²) < 4.78 is 6.50. The Hall–Kier alpha value is -0.870. The zero-order valence-electron chi connectivity index (χ0n) is 10.6. The number of hydrogen-bond acceptors (Lipinski definition) is 2. The second-order valence-electron chi connectivity index (χ2n) is 4.94. The second-order valence-corrected chi connectivity index (χ2v) is 5.86. The van der Waals surface area contributed by atoms with E-state index in [0.717, 1.165) is 27.8 Å². The summed E-state index contributed by atoms with van der Waals surface area (Å²) in [6.45, 7) is 6.19. The van der Waals surface area contributed by atoms with Gasteiger partial charge >= 0.3 is 0 Å². The van der Waals surface area contributed by atoms with Gasteiger partial charge in [0, 0.05) is 18.0 Å². The molecule has 0 saturated heterocycles. The first kappa shape index (κ1) is 12.6. The van der Waals surface area contributed by atoms with Gasteiger partial charge in [-0.1, -0.05) is 15.9 Å². The predicted molar refractivity (Wildman–Crippen MR) is 73.3 cm³/mol. The summed E-state index contributed by atoms with van der Waals surface area (Å²) in [5.74, 6) is 0.966. The standard InChI is InChI=1S/C13H17BrN2O/c1-8-5-9(14)6-10-12(8)16-11(15-10)7-13(2,3)17-4/h5-6H,7H2,1-4H3,(H,15,16). The lowest BCUT2D eigenvalue weighted by atomic mass is 10.1. The molecule has 0 aliphatic heterocycles. The van der Waals surface area contributed by atoms with E-state index in [0.29, 0.717) is 0 Å². The molecule has 2 aromatic rings. The van der Waals surface area contributed by atoms with E-state index in [-0.39, 0.29) is 5.60 Å². The topological polar surface area (TPSA) is 37.9 Å². The number of nitrogens with zero attached hydrogens (tertiary/aromatic N) is 1. The number of H-pyrrole nitrogens is 1. The third-order valence-corrected chi connectivity index (χ3v) is 3.39. The number of nitrogens with one attached hydrogen (secondary N) is 1. The number of aromatic amines is 1. The first-order valence-electron chi connectivity index (χ1n) is 5.61. The molecular weight excluding hydrogens is 280 g/mol. The summed E-state index contributed by atoms with van der Waals surface area (Å²) in [6, 6.07) is 4.13. The normalized spacial score (nSPS) is 12.3. The number of fused-ring (bicyclic) bond motifs is 1. The number of hydrogen-bond donors (Lipinski definition) is 1. The van der Waals surface area contributed by atoms with Crippen LogP contribution < -0.4 is 0 Å². The molecule has 1 aromatic heterocycles. The number of aryl methyl sites for hydroxylation is 1. The fraction of sp³-hybridized carbons (Fsp3) is 0.462. The molecule has 0 aliphatic carbocycles. The second kappa shape index (κ2) is 4.42. The van der Waals surface area contributed by atoms with E-state index in [1.165, 1.54) is 5.56 Å². The lowest BCUT2D eigenvalue weighted by Crippen LogP contribution is -2.26. The predicted octanol–water partition coefficient (Wildman–Crippen LogP) is 3.60. The minimum Gasteiger partial charge on any atom is -0.378 e. The van der Waals surface area contributed by atoms with Crippen molar-refractivity contribution in [2.45, 2.75) is 32.8 Å². The van der Waals surface area contributed by atoms with Crippen molar-refractivity contribution >= 4 is 27.0 Å². The Morgan fingerprint density at radius 2 is 2.12 bits per heavy atom. The zero-order valence-corrected chi connectivity index (χ0v) is 12.2. The molecule has 0 amide bonds. The Kier molecular flexibility index (Phi) is 3.27. The van der Waals surface area contributed by atoms with Gasteiger partial charge < -0.3 is 9.72 Å². The molecule has 0 unspecified atom stereocenters. The Labute approximate surface area is 110 Å². The minimum absolute atomic E-state index is 0.195. The molecule has 1 aromatic carbocycles. The maximum Gasteiger partial charge on any atom is 0.110 e. The fourth-order valence-corrected chi connectivity index (χ4v) is 2.43. The summed E-state index contributed by atoms with van der Waals surface area (Å²) in [7, 11) is 1.73. The molecule has 4 heteroatoms. The van der Waals surface area contributed by atoms with Crippen molar-refractivity contribution in [2.75, 3.05) is 7.11 Å². The van der Waals surface area contributed by atoms with Crippen molar-refractivity contribution in [3.63, 3.8) is 0 Å². The summed E-state index contributed by atoms with van der Waals surface area (Å²) in [4.78, 5) is 7.98. The molecule has 92 valence electrons. The van der Waals surface area contributed by atoms with Crippen molar-refractivity contribution in [3.05, 3.63) is 28.0 Å². The van der Waals surface area contributed by atoms with Gasteiger partial charge in [0.15, 0.2) is 0 Å². The molecule has 0 spiro atoms. The quantitative estimate of drug-likeness (QED) is 0.940. The van der Waals surface area contributed by atoms with E-state index < -0.39 is 0 Å². The Bertz CT molecular complexity index is 546. The number of ether oxygens (including phenoxy) is 1. The van der Waals surface area contributed by atoms with Crippen LogP contribution in [0.1, 0.15) is 25.2 Å². The maximum atomic E-state index is 5.42. The van der Waals surface area contributed by atoms with Crippen LogP contribution in [0.2, 0.25) is 0 Å². The maximum absolute atomic E-state index is 5.42. The van der Waals surface area contributed by atoms with Crippen molar-refractivity contribution in [1.29, 1.82) is 0 Å². The van der Waals surface area contributed by atoms with Crippen molar-refractivity contribution in [3.8, 4) is 0 Å². The Morgan fingerprint density at radius 3 is 2.76 bits per heavy atom. The van der Waals surface area contributed by atoms with Gasteiger partial charge in [-0.2, -0.15) is 0 Å². The first-order valence-corrected chi connectivity index (χ1v) is 6.40. The molecule has 0 atom stereocenters. The summed E-state index contributed by atoms with van der Waals surface area (Å²) in [5, 5.41) is 0. The lowest BCUT2D eigenvalue weighted by molar-refractivity contribution is 0.0218. The van der Waals surface area contributed by atoms with E-state index in [1.807, 2.05) is 0 Å². The molecule has 0 bridgehead atoms. The van der Waals surface area contributed by atoms with Crippen LogP contribution in [-0.4, -0.2) is 22.7 Å². The van der Waals surface area contributed by atoms with Gasteiger partial charge in [-0.25, -0.2) is 4.98 Å². The molecule has 1 N–H and O–H groups in total. The number of methoxy groups -OCH3 is 1. The fourth-order valence-electron chi connectivity index (χ4n) is 1.86. The van der Waals surface area contributed by atoms with Crippen LogP contribution in [0.5, 0.6) is 0 Å². The van der Waals surface area contributed by atoms with Gasteiger partial charge in [0.2, 0.25) is 0 Å². The van der Waals surface area contributed by atoms with Gasteiger partial charge in [0.25, 0.3) is 0 Å². The molecule has 0 radical (unpaired) electrons. The average Bonchev–Trinajstić information content (AvgIpc) is 2.59. The molecule has 0 saturated carbocycles. The minimum atomic E-state index is -0.195. The van der Waals surface area contributed by atoms with Crippen LogP contribution in [-0.2, 0) is 11.2 Å². The van der Waals surface area contributed by atoms with Crippen LogP contribution in [0.4, 0.5) is 0 Å². The highest BCUT2D eigenvalue weighted by Gasteiger charge is 2.19. The number of aromatic nitrogens is 2. The molecular formula is C13H17BrN2O. The average molecular weight is 297 g/mol. The lowest BCUT2D eigenvalue weighted by Gasteiger charge is -2.21. The monoisotopic (exact) mass is 296 g/mol. The van der Waals surface area contributed by atoms with E-state index in [4.69, 9.17) is 4.74 Å². The first-order chi connectivity index (χ1) is 7.91. The van der Waals surface area contributed by atoms with Gasteiger partial charge in [-0.05, 0) is 38.5 Å². The highest BCUT2D eigenvalue weighted by molar-refractivity contribution is 9.10. The van der Waals surface area contributed by atoms with E-state index in [1.54, 1.807) is 7.11 Å². The van der Waals surface area contributed by atoms with Gasteiger partial charge in [-0.15, -0.1) is 0 Å². The summed E-state index contributed by atoms with van der Waals surface area (Å²) in [6.07, 6.45) is 0.773. The van der Waals surface area contributed by atoms with Gasteiger partial charge in [0.1, 0.15) is 5.82 Å². The largest absolute Gasteiger partial charge is 0.378 e. The van der Waals surface area contributed by atoms with Crippen molar-refractivity contribution in [1.82, 2.24) is 9.97 Å². The number of imidazole rings is 1. The van der Waals surface area contributed by atoms with Gasteiger partial charge in [0.05, 0.1) is 16.6 Å². The third-order valence-electron chi connectivity index (χ3n) is 2.94. The SMILES string of the molecule is COC(C)(C)Cc1nc2c(C)cc(Br)cc2[nH]1. The van der Waals surface area contributed by atoms with Crippen LogP contribution in [0.15, 0.2) is 16.6 Å². The summed E-state index contributed by atoms with van der Waals surface area (Å²) >= 11 is 3.50. The molecule has 3 nitrogen and oxygen atoms in total. The molecule has 0 fully saturated rings. The van der Waals surface area contributed by atoms with Crippen LogP contribution >= 0.6 is 15.9 Å². The Balaban J connectivity index is 2.42. The smallest absolute Gasteiger partial charge is 0.110 e. The highest BCUT2D eigenvalue weighted by Crippen LogP contribution is 2.23. The van der Waals surface area contributed by atoms with Gasteiger partial charge in [-0.3, -0.25) is 0 Å². The molecule has 17 heavy (non-hydrogen) atoms.